The molecule has 0 amide bonds. The average Bonchev–Trinajstić information content (AvgIpc) is 2.17. The van der Waals surface area contributed by atoms with Gasteiger partial charge in [-0.1, -0.05) is 19.1 Å². The second-order valence-corrected chi connectivity index (χ2v) is 4.30. The van der Waals surface area contributed by atoms with Gasteiger partial charge in [-0.2, -0.15) is 0 Å². The summed E-state index contributed by atoms with van der Waals surface area (Å²) in [6.07, 6.45) is 5.39. The van der Waals surface area contributed by atoms with E-state index in [1.54, 1.807) is 0 Å². The summed E-state index contributed by atoms with van der Waals surface area (Å²) in [5.74, 6) is 0. The molecule has 14 heavy (non-hydrogen) atoms. The highest BCUT2D eigenvalue weighted by atomic mass is 16.5. The van der Waals surface area contributed by atoms with E-state index >= 15 is 0 Å². The topological polar surface area (TPSA) is 21.3 Å². The van der Waals surface area contributed by atoms with Crippen LogP contribution in [0.2, 0.25) is 0 Å². The molecule has 1 aliphatic carbocycles. The third-order valence-electron chi connectivity index (χ3n) is 2.73. The minimum absolute atomic E-state index is 0.474. The molecule has 82 valence electrons. The molecule has 0 atom stereocenters. The summed E-state index contributed by atoms with van der Waals surface area (Å²) >= 11 is 0. The Morgan fingerprint density at radius 2 is 2.00 bits per heavy atom. The summed E-state index contributed by atoms with van der Waals surface area (Å²) in [5, 5.41) is 3.50. The summed E-state index contributed by atoms with van der Waals surface area (Å²) in [5.41, 5.74) is 1.12. The van der Waals surface area contributed by atoms with E-state index in [0.29, 0.717) is 6.10 Å². The zero-order chi connectivity index (χ0) is 10.4. The van der Waals surface area contributed by atoms with Crippen LogP contribution in [-0.4, -0.2) is 25.3 Å². The summed E-state index contributed by atoms with van der Waals surface area (Å²) in [7, 11) is 0. The minimum atomic E-state index is 0.474. The Bertz CT molecular complexity index is 171. The highest BCUT2D eigenvalue weighted by molar-refractivity contribution is 4.88. The van der Waals surface area contributed by atoms with Crippen LogP contribution in [0.5, 0.6) is 0 Å². The molecular formula is C12H23NO. The number of rotatable bonds is 5. The van der Waals surface area contributed by atoms with Crippen LogP contribution in [0, 0.1) is 0 Å². The zero-order valence-electron chi connectivity index (χ0n) is 9.51. The van der Waals surface area contributed by atoms with Gasteiger partial charge in [-0.3, -0.25) is 0 Å². The predicted molar refractivity (Wildman–Crippen MR) is 60.5 cm³/mol. The zero-order valence-corrected chi connectivity index (χ0v) is 9.51. The van der Waals surface area contributed by atoms with Crippen LogP contribution in [0.25, 0.3) is 0 Å². The molecule has 2 heteroatoms. The first kappa shape index (κ1) is 11.7. The van der Waals surface area contributed by atoms with Crippen molar-refractivity contribution in [1.29, 1.82) is 0 Å². The summed E-state index contributed by atoms with van der Waals surface area (Å²) in [4.78, 5) is 0. The first-order valence-electron chi connectivity index (χ1n) is 5.71. The Hall–Kier alpha value is -0.340. The lowest BCUT2D eigenvalue weighted by Gasteiger charge is -2.29. The largest absolute Gasteiger partial charge is 0.374 e. The molecule has 0 aliphatic heterocycles. The van der Waals surface area contributed by atoms with E-state index in [9.17, 15) is 0 Å². The van der Waals surface area contributed by atoms with Crippen LogP contribution in [0.3, 0.4) is 0 Å². The van der Waals surface area contributed by atoms with Crippen LogP contribution in [0.15, 0.2) is 12.2 Å². The summed E-state index contributed by atoms with van der Waals surface area (Å²) in [6.45, 7) is 9.85. The Labute approximate surface area is 87.7 Å². The van der Waals surface area contributed by atoms with E-state index in [1.165, 1.54) is 25.7 Å². The molecule has 2 nitrogen and oxygen atoms in total. The van der Waals surface area contributed by atoms with Gasteiger partial charge in [-0.25, -0.2) is 0 Å². The molecule has 1 saturated carbocycles. The SMILES string of the molecule is C=C(C)COC1CCC(NCC)CC1. The van der Waals surface area contributed by atoms with Crippen LogP contribution >= 0.6 is 0 Å². The van der Waals surface area contributed by atoms with E-state index in [2.05, 4.69) is 18.8 Å². The molecule has 1 N–H and O–H groups in total. The molecule has 0 unspecified atom stereocenters. The fourth-order valence-corrected chi connectivity index (χ4v) is 1.98. The van der Waals surface area contributed by atoms with Crippen molar-refractivity contribution in [3.8, 4) is 0 Å². The summed E-state index contributed by atoms with van der Waals surface area (Å²) in [6, 6.07) is 0.727. The van der Waals surface area contributed by atoms with Crippen molar-refractivity contribution in [3.63, 3.8) is 0 Å². The third kappa shape index (κ3) is 4.25. The molecule has 0 aromatic carbocycles. The monoisotopic (exact) mass is 197 g/mol. The molecule has 1 rings (SSSR count). The van der Waals surface area contributed by atoms with Crippen molar-refractivity contribution >= 4 is 0 Å². The minimum Gasteiger partial charge on any atom is -0.374 e. The average molecular weight is 197 g/mol. The van der Waals surface area contributed by atoms with Crippen LogP contribution < -0.4 is 5.32 Å². The van der Waals surface area contributed by atoms with E-state index in [4.69, 9.17) is 4.74 Å². The van der Waals surface area contributed by atoms with Crippen molar-refractivity contribution in [2.45, 2.75) is 51.7 Å². The number of nitrogens with one attached hydrogen (secondary N) is 1. The molecule has 0 bridgehead atoms. The van der Waals surface area contributed by atoms with Crippen molar-refractivity contribution in [2.24, 2.45) is 0 Å². The molecule has 0 radical (unpaired) electrons. The van der Waals surface area contributed by atoms with Crippen LogP contribution in [0.1, 0.15) is 39.5 Å². The van der Waals surface area contributed by atoms with Gasteiger partial charge >= 0.3 is 0 Å². The van der Waals surface area contributed by atoms with E-state index in [0.717, 1.165) is 24.8 Å². The molecule has 0 saturated heterocycles. The lowest BCUT2D eigenvalue weighted by molar-refractivity contribution is 0.0363. The molecule has 0 aromatic heterocycles. The predicted octanol–water partition coefficient (Wildman–Crippen LogP) is 2.50. The van der Waals surface area contributed by atoms with E-state index < -0.39 is 0 Å². The van der Waals surface area contributed by atoms with Gasteiger partial charge in [-0.15, -0.1) is 0 Å². The number of hydrogen-bond acceptors (Lipinski definition) is 2. The molecule has 0 heterocycles. The van der Waals surface area contributed by atoms with Crippen molar-refractivity contribution in [3.05, 3.63) is 12.2 Å². The maximum absolute atomic E-state index is 5.74. The van der Waals surface area contributed by atoms with E-state index in [-0.39, 0.29) is 0 Å². The Morgan fingerprint density at radius 1 is 1.36 bits per heavy atom. The Morgan fingerprint density at radius 3 is 2.50 bits per heavy atom. The highest BCUT2D eigenvalue weighted by Crippen LogP contribution is 2.21. The van der Waals surface area contributed by atoms with Gasteiger partial charge in [0, 0.05) is 6.04 Å². The van der Waals surface area contributed by atoms with Crippen molar-refractivity contribution in [1.82, 2.24) is 5.32 Å². The normalized spacial score (nSPS) is 27.6. The molecular weight excluding hydrogens is 174 g/mol. The second kappa shape index (κ2) is 6.20. The van der Waals surface area contributed by atoms with Gasteiger partial charge in [0.1, 0.15) is 0 Å². The molecule has 1 fully saturated rings. The molecule has 1 aliphatic rings. The van der Waals surface area contributed by atoms with Gasteiger partial charge in [-0.05, 0) is 39.2 Å². The molecule has 0 spiro atoms. The lowest BCUT2D eigenvalue weighted by atomic mass is 9.93. The third-order valence-corrected chi connectivity index (χ3v) is 2.73. The van der Waals surface area contributed by atoms with Crippen molar-refractivity contribution < 1.29 is 4.74 Å². The van der Waals surface area contributed by atoms with Crippen LogP contribution in [0.4, 0.5) is 0 Å². The van der Waals surface area contributed by atoms with Gasteiger partial charge in [0.2, 0.25) is 0 Å². The smallest absolute Gasteiger partial charge is 0.0675 e. The molecule has 0 aromatic rings. The number of hydrogen-bond donors (Lipinski definition) is 1. The highest BCUT2D eigenvalue weighted by Gasteiger charge is 2.20. The lowest BCUT2D eigenvalue weighted by Crippen LogP contribution is -2.35. The van der Waals surface area contributed by atoms with Crippen LogP contribution in [-0.2, 0) is 4.74 Å². The Kier molecular flexibility index (Phi) is 5.20. The van der Waals surface area contributed by atoms with Gasteiger partial charge < -0.3 is 10.1 Å². The van der Waals surface area contributed by atoms with Gasteiger partial charge in [0.05, 0.1) is 12.7 Å². The van der Waals surface area contributed by atoms with Gasteiger partial charge in [0.15, 0.2) is 0 Å². The van der Waals surface area contributed by atoms with E-state index in [1.807, 2.05) is 6.92 Å². The quantitative estimate of drug-likeness (QED) is 0.684. The second-order valence-electron chi connectivity index (χ2n) is 4.30. The number of ether oxygens (including phenoxy) is 1. The first-order valence-corrected chi connectivity index (χ1v) is 5.71. The van der Waals surface area contributed by atoms with Gasteiger partial charge in [0.25, 0.3) is 0 Å². The fourth-order valence-electron chi connectivity index (χ4n) is 1.98. The standard InChI is InChI=1S/C12H23NO/c1-4-13-11-5-7-12(8-6-11)14-9-10(2)3/h11-13H,2,4-9H2,1,3H3. The first-order chi connectivity index (χ1) is 6.72. The summed E-state index contributed by atoms with van der Waals surface area (Å²) < 4.78 is 5.74. The fraction of sp³-hybridized carbons (Fsp3) is 0.833. The maximum Gasteiger partial charge on any atom is 0.0675 e. The maximum atomic E-state index is 5.74. The Balaban J connectivity index is 2.12. The van der Waals surface area contributed by atoms with Crippen molar-refractivity contribution in [2.75, 3.05) is 13.2 Å².